The van der Waals surface area contributed by atoms with Gasteiger partial charge in [-0.2, -0.15) is 0 Å². The lowest BCUT2D eigenvalue weighted by molar-refractivity contribution is -0.109. The van der Waals surface area contributed by atoms with Gasteiger partial charge in [-0.3, -0.25) is 0 Å². The van der Waals surface area contributed by atoms with Crippen LogP contribution in [0.3, 0.4) is 0 Å². The fraction of sp³-hybridized carbons (Fsp3) is 0.667. The molecule has 1 nitrogen and oxygen atoms in total. The minimum Gasteiger partial charge on any atom is -0.303 e. The zero-order valence-electron chi connectivity index (χ0n) is 5.73. The summed E-state index contributed by atoms with van der Waals surface area (Å²) < 4.78 is 0. The van der Waals surface area contributed by atoms with Crippen molar-refractivity contribution in [2.75, 3.05) is 0 Å². The minimum atomic E-state index is 0.443. The Morgan fingerprint density at radius 3 is 2.30 bits per heavy atom. The Morgan fingerprint density at radius 2 is 1.80 bits per heavy atom. The quantitative estimate of drug-likeness (QED) is 0.389. The van der Waals surface area contributed by atoms with Crippen molar-refractivity contribution >= 4 is 6.29 Å². The van der Waals surface area contributed by atoms with Gasteiger partial charge in [0.2, 0.25) is 0 Å². The molecule has 4 atom stereocenters. The van der Waals surface area contributed by atoms with Gasteiger partial charge < -0.3 is 4.79 Å². The van der Waals surface area contributed by atoms with Crippen molar-refractivity contribution in [3.05, 3.63) is 12.2 Å². The van der Waals surface area contributed by atoms with E-state index in [-0.39, 0.29) is 0 Å². The average molecular weight is 134 g/mol. The summed E-state index contributed by atoms with van der Waals surface area (Å²) in [5.41, 5.74) is 0. The maximum Gasteiger partial charge on any atom is 0.123 e. The Hall–Kier alpha value is -0.590. The predicted octanol–water partition coefficient (Wildman–Crippen LogP) is 1.25. The molecule has 2 saturated carbocycles. The molecule has 0 N–H and O–H groups in total. The van der Waals surface area contributed by atoms with Crippen LogP contribution in [0.15, 0.2) is 12.2 Å². The van der Waals surface area contributed by atoms with E-state index in [9.17, 15) is 4.79 Å². The topological polar surface area (TPSA) is 17.1 Å². The summed E-state index contributed by atoms with van der Waals surface area (Å²) in [6, 6.07) is 0. The first-order valence-electron chi connectivity index (χ1n) is 4.05. The Bertz CT molecular complexity index is 201. The van der Waals surface area contributed by atoms with Crippen LogP contribution in [-0.2, 0) is 4.79 Å². The van der Waals surface area contributed by atoms with Crippen molar-refractivity contribution in [2.24, 2.45) is 29.6 Å². The van der Waals surface area contributed by atoms with Gasteiger partial charge in [0.05, 0.1) is 0 Å². The zero-order valence-corrected chi connectivity index (χ0v) is 5.73. The number of carbonyl (C=O) groups is 1. The SMILES string of the molecule is O=CC1C2C3C=CC(C3)C12. The summed E-state index contributed by atoms with van der Waals surface area (Å²) in [6.45, 7) is 0. The first kappa shape index (κ1) is 5.11. The highest BCUT2D eigenvalue weighted by molar-refractivity contribution is 5.61. The predicted molar refractivity (Wildman–Crippen MR) is 37.3 cm³/mol. The van der Waals surface area contributed by atoms with E-state index in [2.05, 4.69) is 12.2 Å². The number of carbonyl (C=O) groups excluding carboxylic acids is 1. The molecule has 10 heavy (non-hydrogen) atoms. The Kier molecular flexibility index (Phi) is 0.697. The summed E-state index contributed by atoms with van der Waals surface area (Å²) in [7, 11) is 0. The van der Waals surface area contributed by atoms with Gasteiger partial charge in [0.15, 0.2) is 0 Å². The lowest BCUT2D eigenvalue weighted by atomic mass is 10.0. The largest absolute Gasteiger partial charge is 0.303 e. The normalized spacial score (nSPS) is 60.6. The molecule has 2 fully saturated rings. The second-order valence-corrected chi connectivity index (χ2v) is 3.82. The van der Waals surface area contributed by atoms with Crippen molar-refractivity contribution < 1.29 is 4.79 Å². The lowest BCUT2D eigenvalue weighted by Gasteiger charge is -2.01. The number of hydrogen-bond donors (Lipinski definition) is 0. The maximum atomic E-state index is 10.5. The number of rotatable bonds is 1. The molecule has 3 rings (SSSR count). The third kappa shape index (κ3) is 0.377. The van der Waals surface area contributed by atoms with E-state index >= 15 is 0 Å². The average Bonchev–Trinajstić information content (AvgIpc) is 2.36. The molecule has 2 bridgehead atoms. The number of aldehydes is 1. The van der Waals surface area contributed by atoms with Crippen molar-refractivity contribution in [1.82, 2.24) is 0 Å². The molecule has 0 aromatic rings. The van der Waals surface area contributed by atoms with Gasteiger partial charge in [0.25, 0.3) is 0 Å². The van der Waals surface area contributed by atoms with Gasteiger partial charge in [0.1, 0.15) is 6.29 Å². The molecule has 0 aromatic heterocycles. The van der Waals surface area contributed by atoms with E-state index in [1.54, 1.807) is 0 Å². The summed E-state index contributed by atoms with van der Waals surface area (Å²) >= 11 is 0. The highest BCUT2D eigenvalue weighted by atomic mass is 16.1. The molecular formula is C9H10O. The van der Waals surface area contributed by atoms with Gasteiger partial charge in [-0.1, -0.05) is 12.2 Å². The maximum absolute atomic E-state index is 10.5. The van der Waals surface area contributed by atoms with E-state index in [4.69, 9.17) is 0 Å². The van der Waals surface area contributed by atoms with Crippen LogP contribution >= 0.6 is 0 Å². The molecular weight excluding hydrogens is 124 g/mol. The fourth-order valence-electron chi connectivity index (χ4n) is 3.04. The number of hydrogen-bond acceptors (Lipinski definition) is 1. The van der Waals surface area contributed by atoms with E-state index < -0.39 is 0 Å². The van der Waals surface area contributed by atoms with Crippen molar-refractivity contribution in [3.63, 3.8) is 0 Å². The van der Waals surface area contributed by atoms with Crippen LogP contribution < -0.4 is 0 Å². The van der Waals surface area contributed by atoms with Crippen LogP contribution in [0, 0.1) is 29.6 Å². The molecule has 0 aliphatic heterocycles. The molecule has 3 aliphatic rings. The van der Waals surface area contributed by atoms with Crippen molar-refractivity contribution in [2.45, 2.75) is 6.42 Å². The highest BCUT2D eigenvalue weighted by Gasteiger charge is 2.63. The molecule has 0 heterocycles. The first-order valence-corrected chi connectivity index (χ1v) is 4.05. The fourth-order valence-corrected chi connectivity index (χ4v) is 3.04. The molecule has 52 valence electrons. The van der Waals surface area contributed by atoms with E-state index in [1.165, 1.54) is 12.7 Å². The number of fused-ring (bicyclic) bond motifs is 5. The molecule has 4 unspecified atom stereocenters. The first-order chi connectivity index (χ1) is 4.92. The smallest absolute Gasteiger partial charge is 0.123 e. The van der Waals surface area contributed by atoms with E-state index in [0.717, 1.165) is 23.7 Å². The van der Waals surface area contributed by atoms with E-state index in [0.29, 0.717) is 5.92 Å². The van der Waals surface area contributed by atoms with Gasteiger partial charge in [-0.15, -0.1) is 0 Å². The van der Waals surface area contributed by atoms with Gasteiger partial charge >= 0.3 is 0 Å². The molecule has 1 heteroatoms. The molecule has 3 aliphatic carbocycles. The standard InChI is InChI=1S/C9H10O/c10-4-7-8-5-1-2-6(3-5)9(7)8/h1-2,4-9H,3H2. The molecule has 0 spiro atoms. The van der Waals surface area contributed by atoms with Gasteiger partial charge in [-0.25, -0.2) is 0 Å². The summed E-state index contributed by atoms with van der Waals surface area (Å²) in [6.07, 6.45) is 7.14. The summed E-state index contributed by atoms with van der Waals surface area (Å²) in [5, 5.41) is 0. The Labute approximate surface area is 60.1 Å². The van der Waals surface area contributed by atoms with Crippen molar-refractivity contribution in [3.8, 4) is 0 Å². The number of allylic oxidation sites excluding steroid dienone is 2. The van der Waals surface area contributed by atoms with Crippen LogP contribution in [0.2, 0.25) is 0 Å². The summed E-state index contributed by atoms with van der Waals surface area (Å²) in [5.74, 6) is 3.55. The molecule has 0 saturated heterocycles. The van der Waals surface area contributed by atoms with Crippen LogP contribution in [-0.4, -0.2) is 6.29 Å². The highest BCUT2D eigenvalue weighted by Crippen LogP contribution is 2.65. The van der Waals surface area contributed by atoms with Crippen LogP contribution in [0.5, 0.6) is 0 Å². The van der Waals surface area contributed by atoms with Crippen LogP contribution in [0.4, 0.5) is 0 Å². The summed E-state index contributed by atoms with van der Waals surface area (Å²) in [4.78, 5) is 10.5. The van der Waals surface area contributed by atoms with Crippen LogP contribution in [0.1, 0.15) is 6.42 Å². The lowest BCUT2D eigenvalue weighted by Crippen LogP contribution is -1.99. The zero-order chi connectivity index (χ0) is 6.72. The second kappa shape index (κ2) is 1.36. The molecule has 0 aromatic carbocycles. The molecule has 0 radical (unpaired) electrons. The van der Waals surface area contributed by atoms with Gasteiger partial charge in [0, 0.05) is 5.92 Å². The van der Waals surface area contributed by atoms with Gasteiger partial charge in [-0.05, 0) is 30.1 Å². The second-order valence-electron chi connectivity index (χ2n) is 3.82. The van der Waals surface area contributed by atoms with Crippen molar-refractivity contribution in [1.29, 1.82) is 0 Å². The van der Waals surface area contributed by atoms with Crippen LogP contribution in [0.25, 0.3) is 0 Å². The monoisotopic (exact) mass is 134 g/mol. The van der Waals surface area contributed by atoms with E-state index in [1.807, 2.05) is 0 Å². The Morgan fingerprint density at radius 1 is 1.20 bits per heavy atom. The third-order valence-corrected chi connectivity index (χ3v) is 3.49. The molecule has 0 amide bonds. The third-order valence-electron chi connectivity index (χ3n) is 3.49. The minimum absolute atomic E-state index is 0.443. The Balaban J connectivity index is 1.95.